The highest BCUT2D eigenvalue weighted by Gasteiger charge is 2.16. The van der Waals surface area contributed by atoms with Gasteiger partial charge in [0.2, 0.25) is 5.88 Å². The first-order valence-electron chi connectivity index (χ1n) is 8.84. The van der Waals surface area contributed by atoms with Gasteiger partial charge in [0.15, 0.2) is 0 Å². The molecule has 0 fully saturated rings. The maximum atomic E-state index is 13.2. The van der Waals surface area contributed by atoms with E-state index in [9.17, 15) is 9.50 Å². The number of pyridine rings is 2. The lowest BCUT2D eigenvalue weighted by atomic mass is 10.1. The fourth-order valence-corrected chi connectivity index (χ4v) is 3.24. The Morgan fingerprint density at radius 1 is 1.21 bits per heavy atom. The van der Waals surface area contributed by atoms with Gasteiger partial charge in [0.25, 0.3) is 0 Å². The Kier molecular flexibility index (Phi) is 4.46. The van der Waals surface area contributed by atoms with Gasteiger partial charge in [0.1, 0.15) is 11.9 Å². The van der Waals surface area contributed by atoms with Crippen molar-refractivity contribution in [3.63, 3.8) is 0 Å². The van der Waals surface area contributed by atoms with E-state index in [2.05, 4.69) is 15.1 Å². The molecule has 8 heteroatoms. The van der Waals surface area contributed by atoms with Crippen LogP contribution in [-0.2, 0) is 6.54 Å². The van der Waals surface area contributed by atoms with Crippen molar-refractivity contribution in [1.29, 1.82) is 0 Å². The van der Waals surface area contributed by atoms with Gasteiger partial charge < -0.3 is 9.84 Å². The summed E-state index contributed by atoms with van der Waals surface area (Å²) in [5, 5.41) is 15.5. The third kappa shape index (κ3) is 3.17. The van der Waals surface area contributed by atoms with Gasteiger partial charge in [-0.15, -0.1) is 0 Å². The normalized spacial score (nSPS) is 12.4. The van der Waals surface area contributed by atoms with Crippen molar-refractivity contribution in [2.24, 2.45) is 0 Å². The third-order valence-electron chi connectivity index (χ3n) is 4.53. The van der Waals surface area contributed by atoms with Gasteiger partial charge in [-0.1, -0.05) is 0 Å². The maximum absolute atomic E-state index is 13.2. The monoisotopic (exact) mass is 381 g/mol. The summed E-state index contributed by atoms with van der Waals surface area (Å²) in [4.78, 5) is 8.86. The fraction of sp³-hybridized carbons (Fsp3) is 0.250. The highest BCUT2D eigenvalue weighted by molar-refractivity contribution is 5.90. The first kappa shape index (κ1) is 18.0. The molecule has 0 amide bonds. The lowest BCUT2D eigenvalue weighted by Crippen LogP contribution is -2.07. The van der Waals surface area contributed by atoms with Crippen molar-refractivity contribution < 1.29 is 14.2 Å². The summed E-state index contributed by atoms with van der Waals surface area (Å²) in [6, 6.07) is 3.76. The van der Waals surface area contributed by atoms with Crippen molar-refractivity contribution in [1.82, 2.24) is 24.3 Å². The largest absolute Gasteiger partial charge is 0.495 e. The first-order chi connectivity index (χ1) is 13.5. The van der Waals surface area contributed by atoms with Crippen LogP contribution in [0.3, 0.4) is 0 Å². The highest BCUT2D eigenvalue weighted by atomic mass is 19.1. The van der Waals surface area contributed by atoms with Crippen LogP contribution in [0.4, 0.5) is 4.39 Å². The Hall–Kier alpha value is -3.42. The summed E-state index contributed by atoms with van der Waals surface area (Å²) in [5.74, 6) is 0.718. The molecule has 1 atom stereocenters. The van der Waals surface area contributed by atoms with Gasteiger partial charge >= 0.3 is 0 Å². The van der Waals surface area contributed by atoms with Crippen molar-refractivity contribution in [3.05, 3.63) is 48.7 Å². The second kappa shape index (κ2) is 6.95. The van der Waals surface area contributed by atoms with Crippen molar-refractivity contribution in [2.45, 2.75) is 26.6 Å². The minimum Gasteiger partial charge on any atom is -0.495 e. The van der Waals surface area contributed by atoms with E-state index in [-0.39, 0.29) is 12.4 Å². The number of aromatic nitrogens is 5. The molecule has 0 aliphatic heterocycles. The summed E-state index contributed by atoms with van der Waals surface area (Å²) in [5.41, 5.74) is 3.71. The van der Waals surface area contributed by atoms with Crippen LogP contribution in [0.5, 0.6) is 11.6 Å². The first-order valence-corrected chi connectivity index (χ1v) is 8.84. The number of aryl methyl sites for hydroxylation is 1. The van der Waals surface area contributed by atoms with Gasteiger partial charge in [0.05, 0.1) is 48.3 Å². The summed E-state index contributed by atoms with van der Waals surface area (Å²) >= 11 is 0. The number of hydrogen-bond donors (Lipinski definition) is 1. The zero-order chi connectivity index (χ0) is 19.8. The fourth-order valence-electron chi connectivity index (χ4n) is 3.24. The average Bonchev–Trinajstić information content (AvgIpc) is 3.25. The Bertz CT molecular complexity index is 1150. The number of hydrogen-bond acceptors (Lipinski definition) is 5. The molecule has 1 unspecified atom stereocenters. The number of rotatable bonds is 5. The molecule has 4 rings (SSSR count). The lowest BCUT2D eigenvalue weighted by molar-refractivity contribution is 0.309. The number of aromatic hydroxyl groups is 1. The van der Waals surface area contributed by atoms with E-state index in [0.717, 1.165) is 16.8 Å². The zero-order valence-corrected chi connectivity index (χ0v) is 15.8. The lowest BCUT2D eigenvalue weighted by Gasteiger charge is -2.06. The van der Waals surface area contributed by atoms with Gasteiger partial charge in [-0.05, 0) is 31.5 Å². The molecule has 7 nitrogen and oxygen atoms in total. The number of fused-ring (bicyclic) bond motifs is 1. The molecule has 0 bridgehead atoms. The predicted octanol–water partition coefficient (Wildman–Crippen LogP) is 3.66. The summed E-state index contributed by atoms with van der Waals surface area (Å²) in [6.07, 6.45) is 7.37. The van der Waals surface area contributed by atoms with Crippen molar-refractivity contribution in [2.75, 3.05) is 7.11 Å². The maximum Gasteiger partial charge on any atom is 0.205 e. The molecule has 0 saturated heterocycles. The number of methoxy groups -OCH3 is 1. The molecule has 0 aromatic carbocycles. The second-order valence-electron chi connectivity index (χ2n) is 6.72. The van der Waals surface area contributed by atoms with E-state index in [4.69, 9.17) is 4.74 Å². The zero-order valence-electron chi connectivity index (χ0n) is 15.8. The molecule has 144 valence electrons. The minimum atomic E-state index is -1.01. The van der Waals surface area contributed by atoms with Gasteiger partial charge in [-0.25, -0.2) is 9.37 Å². The van der Waals surface area contributed by atoms with E-state index < -0.39 is 6.17 Å². The van der Waals surface area contributed by atoms with E-state index in [1.807, 2.05) is 19.1 Å². The molecule has 0 aliphatic carbocycles. The van der Waals surface area contributed by atoms with Crippen LogP contribution in [0.1, 0.15) is 12.5 Å². The van der Waals surface area contributed by atoms with E-state index >= 15 is 0 Å². The van der Waals surface area contributed by atoms with Crippen LogP contribution in [0.15, 0.2) is 43.1 Å². The van der Waals surface area contributed by atoms with E-state index in [1.165, 1.54) is 11.6 Å². The summed E-state index contributed by atoms with van der Waals surface area (Å²) < 4.78 is 21.6. The van der Waals surface area contributed by atoms with E-state index in [0.29, 0.717) is 22.3 Å². The van der Waals surface area contributed by atoms with Crippen LogP contribution in [-0.4, -0.2) is 42.7 Å². The van der Waals surface area contributed by atoms with E-state index in [1.54, 1.807) is 42.7 Å². The summed E-state index contributed by atoms with van der Waals surface area (Å²) in [7, 11) is 1.59. The number of ether oxygens (including phenoxy) is 1. The van der Waals surface area contributed by atoms with Crippen LogP contribution in [0.2, 0.25) is 0 Å². The van der Waals surface area contributed by atoms with Crippen molar-refractivity contribution >= 4 is 10.9 Å². The number of alkyl halides is 1. The molecule has 4 aromatic heterocycles. The van der Waals surface area contributed by atoms with Gasteiger partial charge in [-0.2, -0.15) is 5.10 Å². The van der Waals surface area contributed by atoms with Gasteiger partial charge in [0, 0.05) is 24.2 Å². The predicted molar refractivity (Wildman–Crippen MR) is 104 cm³/mol. The minimum absolute atomic E-state index is 0.0724. The molecule has 1 N–H and O–H groups in total. The Labute approximate surface area is 161 Å². The number of halogens is 1. The second-order valence-corrected chi connectivity index (χ2v) is 6.72. The van der Waals surface area contributed by atoms with Crippen LogP contribution in [0.25, 0.3) is 27.8 Å². The quantitative estimate of drug-likeness (QED) is 0.571. The third-order valence-corrected chi connectivity index (χ3v) is 4.53. The SMILES string of the molecule is COc1cncc(-c2cc(C)c3c(O)n(-c4cnn(CC(C)F)c4)cc3n2)c1. The average molecular weight is 381 g/mol. The standard InChI is InChI=1S/C20H20FN5O2/c1-12-4-17(14-5-16(28-3)8-22-6-14)24-18-11-26(20(27)19(12)18)15-7-23-25(10-15)9-13(2)21/h4-8,10-11,13,27H,9H2,1-3H3. The molecule has 4 heterocycles. The van der Waals surface area contributed by atoms with Crippen LogP contribution >= 0.6 is 0 Å². The Balaban J connectivity index is 1.80. The smallest absolute Gasteiger partial charge is 0.205 e. The molecule has 4 aromatic rings. The molecule has 0 saturated carbocycles. The van der Waals surface area contributed by atoms with Crippen LogP contribution in [0, 0.1) is 6.92 Å². The highest BCUT2D eigenvalue weighted by Crippen LogP contribution is 2.34. The molecule has 0 radical (unpaired) electrons. The van der Waals surface area contributed by atoms with Gasteiger partial charge in [-0.3, -0.25) is 14.2 Å². The molecular weight excluding hydrogens is 361 g/mol. The number of nitrogens with zero attached hydrogens (tertiary/aromatic N) is 5. The van der Waals surface area contributed by atoms with Crippen LogP contribution < -0.4 is 4.74 Å². The molecular formula is C20H20FN5O2. The van der Waals surface area contributed by atoms with Crippen molar-refractivity contribution in [3.8, 4) is 28.6 Å². The Morgan fingerprint density at radius 2 is 2.04 bits per heavy atom. The molecule has 0 aliphatic rings. The molecule has 0 spiro atoms. The molecule has 28 heavy (non-hydrogen) atoms. The Morgan fingerprint density at radius 3 is 2.79 bits per heavy atom. The summed E-state index contributed by atoms with van der Waals surface area (Å²) in [6.45, 7) is 3.55. The topological polar surface area (TPSA) is 78.0 Å².